The lowest BCUT2D eigenvalue weighted by molar-refractivity contribution is -0.116. The van der Waals surface area contributed by atoms with Gasteiger partial charge in [0.05, 0.1) is 17.0 Å². The fraction of sp³-hybridized carbons (Fsp3) is 0.471. The molecule has 0 unspecified atom stereocenters. The van der Waals surface area contributed by atoms with Gasteiger partial charge in [0.25, 0.3) is 5.91 Å². The molecule has 1 heterocycles. The van der Waals surface area contributed by atoms with Crippen LogP contribution >= 0.6 is 11.3 Å². The van der Waals surface area contributed by atoms with E-state index in [1.54, 1.807) is 13.8 Å². The summed E-state index contributed by atoms with van der Waals surface area (Å²) in [6.07, 6.45) is 6.43. The Balaban J connectivity index is 2.25. The molecule has 0 bridgehead atoms. The summed E-state index contributed by atoms with van der Waals surface area (Å²) in [6, 6.07) is 0. The van der Waals surface area contributed by atoms with E-state index in [4.69, 9.17) is 4.74 Å². The maximum absolute atomic E-state index is 12.3. The first kappa shape index (κ1) is 18.2. The van der Waals surface area contributed by atoms with Gasteiger partial charge in [-0.05, 0) is 38.2 Å². The third-order valence-electron chi connectivity index (χ3n) is 3.87. The molecule has 0 aliphatic heterocycles. The standard InChI is InChI=1S/C17H22N2O4S/c1-4-23-17(22)13-10(2)14(15(21)18-3)24-16(13)19-12(20)9-11-7-5-6-8-11/h5,7,11H,4,6,8-9H2,1-3H3,(H,18,21)(H,19,20)/t11-/m1/s1. The number of rotatable bonds is 6. The lowest BCUT2D eigenvalue weighted by Crippen LogP contribution is -2.18. The predicted molar refractivity (Wildman–Crippen MR) is 93.5 cm³/mol. The van der Waals surface area contributed by atoms with E-state index >= 15 is 0 Å². The monoisotopic (exact) mass is 350 g/mol. The van der Waals surface area contributed by atoms with Crippen molar-refractivity contribution in [3.63, 3.8) is 0 Å². The zero-order valence-corrected chi connectivity index (χ0v) is 14.9. The van der Waals surface area contributed by atoms with Crippen LogP contribution in [0, 0.1) is 12.8 Å². The third kappa shape index (κ3) is 4.03. The summed E-state index contributed by atoms with van der Waals surface area (Å²) in [4.78, 5) is 36.9. The third-order valence-corrected chi connectivity index (χ3v) is 5.08. The minimum atomic E-state index is -0.530. The Labute approximate surface area is 145 Å². The molecule has 7 heteroatoms. The van der Waals surface area contributed by atoms with E-state index in [0.29, 0.717) is 21.9 Å². The molecule has 1 aliphatic rings. The Bertz CT molecular complexity index is 678. The molecule has 1 aliphatic carbocycles. The molecule has 0 spiro atoms. The lowest BCUT2D eigenvalue weighted by atomic mass is 10.1. The largest absolute Gasteiger partial charge is 0.462 e. The van der Waals surface area contributed by atoms with Crippen LogP contribution in [0.25, 0.3) is 0 Å². The number of nitrogens with one attached hydrogen (secondary N) is 2. The number of amides is 2. The molecule has 1 aromatic heterocycles. The molecule has 2 rings (SSSR count). The number of carbonyl (C=O) groups is 3. The Morgan fingerprint density at radius 3 is 2.71 bits per heavy atom. The topological polar surface area (TPSA) is 84.5 Å². The fourth-order valence-electron chi connectivity index (χ4n) is 2.66. The molecule has 0 aromatic carbocycles. The molecule has 6 nitrogen and oxygen atoms in total. The summed E-state index contributed by atoms with van der Waals surface area (Å²) >= 11 is 1.10. The Morgan fingerprint density at radius 2 is 2.12 bits per heavy atom. The van der Waals surface area contributed by atoms with E-state index in [-0.39, 0.29) is 29.9 Å². The maximum atomic E-state index is 12.3. The summed E-state index contributed by atoms with van der Waals surface area (Å²) in [5.74, 6) is -0.753. The SMILES string of the molecule is CCOC(=O)c1c(NC(=O)C[C@@H]2C=CCC2)sc(C(=O)NC)c1C. The van der Waals surface area contributed by atoms with Crippen molar-refractivity contribution in [1.29, 1.82) is 0 Å². The second-order valence-electron chi connectivity index (χ2n) is 5.58. The number of hydrogen-bond donors (Lipinski definition) is 2. The molecule has 2 N–H and O–H groups in total. The minimum Gasteiger partial charge on any atom is -0.462 e. The van der Waals surface area contributed by atoms with Gasteiger partial charge >= 0.3 is 5.97 Å². The van der Waals surface area contributed by atoms with Gasteiger partial charge in [-0.25, -0.2) is 4.79 Å². The Kier molecular flexibility index (Phi) is 6.14. The van der Waals surface area contributed by atoms with E-state index in [1.165, 1.54) is 7.05 Å². The van der Waals surface area contributed by atoms with Gasteiger partial charge in [-0.15, -0.1) is 11.3 Å². The summed E-state index contributed by atoms with van der Waals surface area (Å²) < 4.78 is 5.06. The van der Waals surface area contributed by atoms with E-state index < -0.39 is 5.97 Å². The summed E-state index contributed by atoms with van der Waals surface area (Å²) in [5, 5.41) is 5.70. The molecule has 1 atom stereocenters. The van der Waals surface area contributed by atoms with Crippen LogP contribution in [-0.2, 0) is 9.53 Å². The molecule has 0 saturated carbocycles. The van der Waals surface area contributed by atoms with Gasteiger partial charge in [-0.1, -0.05) is 12.2 Å². The molecular weight excluding hydrogens is 328 g/mol. The molecule has 1 aromatic rings. The van der Waals surface area contributed by atoms with Crippen molar-refractivity contribution < 1.29 is 19.1 Å². The summed E-state index contributed by atoms with van der Waals surface area (Å²) in [7, 11) is 1.52. The van der Waals surface area contributed by atoms with Gasteiger partial charge < -0.3 is 15.4 Å². The van der Waals surface area contributed by atoms with Crippen molar-refractivity contribution in [1.82, 2.24) is 5.32 Å². The molecule has 0 saturated heterocycles. The highest BCUT2D eigenvalue weighted by Crippen LogP contribution is 2.34. The molecule has 2 amide bonds. The first-order valence-corrected chi connectivity index (χ1v) is 8.78. The van der Waals surface area contributed by atoms with Crippen LogP contribution in [0.3, 0.4) is 0 Å². The van der Waals surface area contributed by atoms with Crippen molar-refractivity contribution in [3.8, 4) is 0 Å². The van der Waals surface area contributed by atoms with Crippen LogP contribution in [0.15, 0.2) is 12.2 Å². The predicted octanol–water partition coefficient (Wildman–Crippen LogP) is 2.89. The average Bonchev–Trinajstić information content (AvgIpc) is 3.14. The van der Waals surface area contributed by atoms with Crippen molar-refractivity contribution in [2.75, 3.05) is 19.0 Å². The zero-order valence-electron chi connectivity index (χ0n) is 14.1. The van der Waals surface area contributed by atoms with Crippen LogP contribution in [0.4, 0.5) is 5.00 Å². The molecule has 130 valence electrons. The second-order valence-corrected chi connectivity index (χ2v) is 6.60. The van der Waals surface area contributed by atoms with Gasteiger partial charge in [-0.3, -0.25) is 9.59 Å². The highest BCUT2D eigenvalue weighted by atomic mass is 32.1. The molecule has 0 radical (unpaired) electrons. The maximum Gasteiger partial charge on any atom is 0.341 e. The van der Waals surface area contributed by atoms with Gasteiger partial charge in [0, 0.05) is 13.5 Å². The van der Waals surface area contributed by atoms with Crippen molar-refractivity contribution in [2.45, 2.75) is 33.1 Å². The minimum absolute atomic E-state index is 0.165. The zero-order chi connectivity index (χ0) is 17.7. The van der Waals surface area contributed by atoms with Crippen molar-refractivity contribution in [3.05, 3.63) is 28.2 Å². The van der Waals surface area contributed by atoms with E-state index in [9.17, 15) is 14.4 Å². The molecule has 0 fully saturated rings. The number of anilines is 1. The Morgan fingerprint density at radius 1 is 1.38 bits per heavy atom. The fourth-order valence-corrected chi connectivity index (χ4v) is 3.82. The first-order valence-electron chi connectivity index (χ1n) is 7.97. The van der Waals surface area contributed by atoms with Crippen LogP contribution in [0.1, 0.15) is 51.8 Å². The number of carbonyl (C=O) groups excluding carboxylic acids is 3. The lowest BCUT2D eigenvalue weighted by Gasteiger charge is -2.09. The van der Waals surface area contributed by atoms with E-state index in [0.717, 1.165) is 24.2 Å². The molecular formula is C17H22N2O4S. The van der Waals surface area contributed by atoms with Gasteiger partial charge in [0.2, 0.25) is 5.91 Å². The average molecular weight is 350 g/mol. The summed E-state index contributed by atoms with van der Waals surface area (Å²) in [5.41, 5.74) is 0.782. The van der Waals surface area contributed by atoms with Crippen LogP contribution in [-0.4, -0.2) is 31.4 Å². The normalized spacial score (nSPS) is 16.0. The first-order chi connectivity index (χ1) is 11.5. The van der Waals surface area contributed by atoms with Crippen molar-refractivity contribution >= 4 is 34.1 Å². The summed E-state index contributed by atoms with van der Waals surface area (Å²) in [6.45, 7) is 3.62. The van der Waals surface area contributed by atoms with E-state index in [2.05, 4.69) is 16.7 Å². The van der Waals surface area contributed by atoms with Crippen LogP contribution in [0.5, 0.6) is 0 Å². The van der Waals surface area contributed by atoms with Crippen LogP contribution < -0.4 is 10.6 Å². The van der Waals surface area contributed by atoms with Gasteiger partial charge in [-0.2, -0.15) is 0 Å². The highest BCUT2D eigenvalue weighted by Gasteiger charge is 2.26. The van der Waals surface area contributed by atoms with Crippen molar-refractivity contribution in [2.24, 2.45) is 5.92 Å². The van der Waals surface area contributed by atoms with E-state index in [1.807, 2.05) is 6.08 Å². The smallest absolute Gasteiger partial charge is 0.341 e. The number of thiophene rings is 1. The number of allylic oxidation sites excluding steroid dienone is 2. The molecule has 24 heavy (non-hydrogen) atoms. The highest BCUT2D eigenvalue weighted by molar-refractivity contribution is 7.18. The number of ether oxygens (including phenoxy) is 1. The number of hydrogen-bond acceptors (Lipinski definition) is 5. The number of esters is 1. The van der Waals surface area contributed by atoms with Gasteiger partial charge in [0.15, 0.2) is 0 Å². The van der Waals surface area contributed by atoms with Crippen LogP contribution in [0.2, 0.25) is 0 Å². The van der Waals surface area contributed by atoms with Gasteiger partial charge in [0.1, 0.15) is 5.00 Å². The second kappa shape index (κ2) is 8.10. The Hall–Kier alpha value is -2.15. The quantitative estimate of drug-likeness (QED) is 0.610.